The average molecular weight is 303 g/mol. The van der Waals surface area contributed by atoms with Gasteiger partial charge in [0.1, 0.15) is 6.29 Å². The zero-order valence-electron chi connectivity index (χ0n) is 13.2. The molecule has 1 aliphatic heterocycles. The van der Waals surface area contributed by atoms with Gasteiger partial charge in [0.25, 0.3) is 0 Å². The fourth-order valence-corrected chi connectivity index (χ4v) is 3.24. The second kappa shape index (κ2) is 4.88. The first-order chi connectivity index (χ1) is 11.1. The van der Waals surface area contributed by atoms with Crippen molar-refractivity contribution < 1.29 is 4.79 Å². The number of fused-ring (bicyclic) bond motifs is 2. The minimum Gasteiger partial charge on any atom is -0.298 e. The first-order valence-electron chi connectivity index (χ1n) is 7.68. The van der Waals surface area contributed by atoms with E-state index in [1.165, 1.54) is 0 Å². The van der Waals surface area contributed by atoms with Gasteiger partial charge in [-0.2, -0.15) is 5.10 Å². The van der Waals surface area contributed by atoms with E-state index >= 15 is 0 Å². The molecule has 114 valence electrons. The Kier molecular flexibility index (Phi) is 2.94. The van der Waals surface area contributed by atoms with Crippen molar-refractivity contribution in [2.45, 2.75) is 25.8 Å². The molecule has 4 rings (SSSR count). The topological polar surface area (TPSA) is 46.7 Å². The second-order valence-electron chi connectivity index (χ2n) is 6.56. The molecule has 1 aromatic carbocycles. The minimum atomic E-state index is -0.241. The summed E-state index contributed by atoms with van der Waals surface area (Å²) in [5.41, 5.74) is 5.54. The Labute approximate surface area is 134 Å². The third-order valence-electron chi connectivity index (χ3n) is 4.28. The highest BCUT2D eigenvalue weighted by Crippen LogP contribution is 2.31. The molecule has 0 amide bonds. The first-order valence-corrected chi connectivity index (χ1v) is 7.68. The van der Waals surface area contributed by atoms with Gasteiger partial charge in [-0.25, -0.2) is 4.52 Å². The van der Waals surface area contributed by atoms with E-state index < -0.39 is 0 Å². The number of aromatic nitrogens is 2. The van der Waals surface area contributed by atoms with Crippen LogP contribution in [0.4, 0.5) is 0 Å². The van der Waals surface area contributed by atoms with Gasteiger partial charge in [-0.15, -0.1) is 0 Å². The van der Waals surface area contributed by atoms with Crippen molar-refractivity contribution in [3.05, 3.63) is 71.0 Å². The summed E-state index contributed by atoms with van der Waals surface area (Å²) in [5, 5.41) is 4.45. The van der Waals surface area contributed by atoms with Crippen LogP contribution < -0.4 is 0 Å². The van der Waals surface area contributed by atoms with Gasteiger partial charge >= 0.3 is 0 Å². The van der Waals surface area contributed by atoms with Crippen molar-refractivity contribution in [2.24, 2.45) is 4.99 Å². The maximum Gasteiger partial charge on any atom is 0.150 e. The van der Waals surface area contributed by atoms with Gasteiger partial charge in [0.15, 0.2) is 0 Å². The number of hydrogen-bond donors (Lipinski definition) is 0. The van der Waals surface area contributed by atoms with E-state index in [0.717, 1.165) is 46.2 Å². The molecule has 0 N–H and O–H groups in total. The van der Waals surface area contributed by atoms with Crippen LogP contribution >= 0.6 is 0 Å². The Balaban J connectivity index is 1.96. The van der Waals surface area contributed by atoms with Crippen LogP contribution in [0.1, 0.15) is 40.9 Å². The largest absolute Gasteiger partial charge is 0.298 e. The van der Waals surface area contributed by atoms with Crippen molar-refractivity contribution >= 4 is 17.5 Å². The molecule has 0 unspecified atom stereocenters. The van der Waals surface area contributed by atoms with Crippen LogP contribution in [-0.2, 0) is 6.42 Å². The highest BCUT2D eigenvalue weighted by molar-refractivity contribution is 6.15. The number of benzene rings is 1. The molecule has 4 heteroatoms. The highest BCUT2D eigenvalue weighted by Gasteiger charge is 2.29. The van der Waals surface area contributed by atoms with Crippen LogP contribution in [0.25, 0.3) is 5.52 Å². The lowest BCUT2D eigenvalue weighted by Gasteiger charge is -2.30. The third kappa shape index (κ3) is 2.27. The van der Waals surface area contributed by atoms with Gasteiger partial charge in [-0.05, 0) is 44.0 Å². The van der Waals surface area contributed by atoms with E-state index in [1.54, 1.807) is 0 Å². The Morgan fingerprint density at radius 2 is 2.09 bits per heavy atom. The molecule has 3 aromatic rings. The number of rotatable bonds is 2. The summed E-state index contributed by atoms with van der Waals surface area (Å²) in [6.07, 6.45) is 5.46. The molecule has 0 bridgehead atoms. The number of hydrogen-bond acceptors (Lipinski definition) is 3. The maximum atomic E-state index is 11.4. The summed E-state index contributed by atoms with van der Waals surface area (Å²) < 4.78 is 1.83. The molecule has 0 saturated carbocycles. The van der Waals surface area contributed by atoms with Crippen LogP contribution in [0.15, 0.2) is 53.8 Å². The molecule has 2 aromatic heterocycles. The Morgan fingerprint density at radius 1 is 1.22 bits per heavy atom. The monoisotopic (exact) mass is 303 g/mol. The Bertz CT molecular complexity index is 950. The standard InChI is InChI=1S/C19H17N3O/c1-19(2)10-17-13(12-23)5-3-7-16(17)18(21-19)14-9-15-6-4-8-22(15)20-11-14/h3-9,11-12H,10H2,1-2H3. The zero-order chi connectivity index (χ0) is 16.0. The second-order valence-corrected chi connectivity index (χ2v) is 6.56. The van der Waals surface area contributed by atoms with Crippen LogP contribution in [-0.4, -0.2) is 27.2 Å². The molecule has 0 spiro atoms. The van der Waals surface area contributed by atoms with Crippen molar-refractivity contribution in [3.63, 3.8) is 0 Å². The zero-order valence-corrected chi connectivity index (χ0v) is 13.2. The molecular formula is C19H17N3O. The van der Waals surface area contributed by atoms with Crippen molar-refractivity contribution in [1.29, 1.82) is 0 Å². The minimum absolute atomic E-state index is 0.241. The molecule has 0 atom stereocenters. The first kappa shape index (κ1) is 13.9. The summed E-state index contributed by atoms with van der Waals surface area (Å²) in [7, 11) is 0. The smallest absolute Gasteiger partial charge is 0.150 e. The van der Waals surface area contributed by atoms with E-state index in [-0.39, 0.29) is 5.54 Å². The van der Waals surface area contributed by atoms with Crippen LogP contribution in [0.5, 0.6) is 0 Å². The van der Waals surface area contributed by atoms with Gasteiger partial charge < -0.3 is 0 Å². The van der Waals surface area contributed by atoms with Gasteiger partial charge in [-0.1, -0.05) is 18.2 Å². The van der Waals surface area contributed by atoms with E-state index in [0.29, 0.717) is 0 Å². The van der Waals surface area contributed by atoms with Crippen molar-refractivity contribution in [3.8, 4) is 0 Å². The van der Waals surface area contributed by atoms with Crippen molar-refractivity contribution in [1.82, 2.24) is 9.61 Å². The average Bonchev–Trinajstić information content (AvgIpc) is 3.00. The lowest BCUT2D eigenvalue weighted by Crippen LogP contribution is -2.30. The van der Waals surface area contributed by atoms with E-state index in [1.807, 2.05) is 47.2 Å². The SMILES string of the molecule is CC1(C)Cc2c(C=O)cccc2C(c2cnn3cccc3c2)=N1. The van der Waals surface area contributed by atoms with Gasteiger partial charge in [-0.3, -0.25) is 9.79 Å². The summed E-state index contributed by atoms with van der Waals surface area (Å²) in [6, 6.07) is 11.9. The molecular weight excluding hydrogens is 286 g/mol. The van der Waals surface area contributed by atoms with E-state index in [2.05, 4.69) is 25.0 Å². The fraction of sp³-hybridized carbons (Fsp3) is 0.211. The maximum absolute atomic E-state index is 11.4. The molecule has 3 heterocycles. The van der Waals surface area contributed by atoms with Gasteiger partial charge in [0.2, 0.25) is 0 Å². The summed E-state index contributed by atoms with van der Waals surface area (Å²) in [4.78, 5) is 16.4. The number of nitrogens with zero attached hydrogens (tertiary/aromatic N) is 3. The molecule has 0 saturated heterocycles. The molecule has 0 fully saturated rings. The summed E-state index contributed by atoms with van der Waals surface area (Å²) in [5.74, 6) is 0. The number of aliphatic imine (C=N–C) groups is 1. The molecule has 23 heavy (non-hydrogen) atoms. The predicted molar refractivity (Wildman–Crippen MR) is 90.4 cm³/mol. The summed E-state index contributed by atoms with van der Waals surface area (Å²) >= 11 is 0. The lowest BCUT2D eigenvalue weighted by atomic mass is 9.83. The number of carbonyl (C=O) groups is 1. The molecule has 4 nitrogen and oxygen atoms in total. The Morgan fingerprint density at radius 3 is 2.91 bits per heavy atom. The third-order valence-corrected chi connectivity index (χ3v) is 4.28. The fourth-order valence-electron chi connectivity index (χ4n) is 3.24. The quantitative estimate of drug-likeness (QED) is 0.682. The van der Waals surface area contributed by atoms with E-state index in [4.69, 9.17) is 4.99 Å². The van der Waals surface area contributed by atoms with Crippen LogP contribution in [0.3, 0.4) is 0 Å². The predicted octanol–water partition coefficient (Wildman–Crippen LogP) is 3.32. The molecule has 1 aliphatic rings. The van der Waals surface area contributed by atoms with Crippen molar-refractivity contribution in [2.75, 3.05) is 0 Å². The van der Waals surface area contributed by atoms with Gasteiger partial charge in [0.05, 0.1) is 23.0 Å². The summed E-state index contributed by atoms with van der Waals surface area (Å²) in [6.45, 7) is 4.20. The normalized spacial score (nSPS) is 16.0. The molecule has 0 radical (unpaired) electrons. The van der Waals surface area contributed by atoms with Gasteiger partial charge in [0, 0.05) is 22.9 Å². The van der Waals surface area contributed by atoms with Crippen LogP contribution in [0.2, 0.25) is 0 Å². The van der Waals surface area contributed by atoms with Crippen LogP contribution in [0, 0.1) is 0 Å². The van der Waals surface area contributed by atoms with E-state index in [9.17, 15) is 4.79 Å². The number of carbonyl (C=O) groups excluding carboxylic acids is 1. The molecule has 0 aliphatic carbocycles. The Hall–Kier alpha value is -2.75. The lowest BCUT2D eigenvalue weighted by molar-refractivity contribution is 0.112. The number of aldehydes is 1. The highest BCUT2D eigenvalue weighted by atomic mass is 16.1.